The SMILES string of the molecule is COc1ccc(C(C)=O)c(OCC(O)CNC(C)(C)C)c1. The second kappa shape index (κ2) is 7.43. The van der Waals surface area contributed by atoms with Crippen LogP contribution in [-0.2, 0) is 0 Å². The molecule has 2 N–H and O–H groups in total. The smallest absolute Gasteiger partial charge is 0.163 e. The number of carbonyl (C=O) groups is 1. The number of aliphatic hydroxyl groups excluding tert-OH is 1. The lowest BCUT2D eigenvalue weighted by Gasteiger charge is -2.23. The van der Waals surface area contributed by atoms with Crippen molar-refractivity contribution < 1.29 is 19.4 Å². The number of methoxy groups -OCH3 is 1. The molecule has 0 aliphatic heterocycles. The molecular formula is C16H25NO4. The van der Waals surface area contributed by atoms with E-state index >= 15 is 0 Å². The summed E-state index contributed by atoms with van der Waals surface area (Å²) < 4.78 is 10.7. The number of rotatable bonds is 7. The van der Waals surface area contributed by atoms with E-state index in [4.69, 9.17) is 9.47 Å². The van der Waals surface area contributed by atoms with Gasteiger partial charge in [-0.05, 0) is 39.8 Å². The minimum atomic E-state index is -0.657. The molecule has 0 bridgehead atoms. The number of nitrogens with one attached hydrogen (secondary N) is 1. The first-order valence-corrected chi connectivity index (χ1v) is 6.98. The number of benzene rings is 1. The molecule has 118 valence electrons. The maximum Gasteiger partial charge on any atom is 0.163 e. The van der Waals surface area contributed by atoms with E-state index in [1.165, 1.54) is 6.92 Å². The first kappa shape index (κ1) is 17.5. The summed E-state index contributed by atoms with van der Waals surface area (Å²) in [6.07, 6.45) is -0.657. The average Bonchev–Trinajstić information content (AvgIpc) is 2.41. The topological polar surface area (TPSA) is 67.8 Å². The molecule has 1 atom stereocenters. The fourth-order valence-electron chi connectivity index (χ4n) is 1.71. The number of carbonyl (C=O) groups excluding carboxylic acids is 1. The molecule has 5 nitrogen and oxygen atoms in total. The summed E-state index contributed by atoms with van der Waals surface area (Å²) in [6.45, 7) is 8.08. The molecule has 0 aliphatic rings. The number of ketones is 1. The van der Waals surface area contributed by atoms with E-state index in [1.807, 2.05) is 20.8 Å². The summed E-state index contributed by atoms with van der Waals surface area (Å²) in [5.74, 6) is 0.948. The van der Waals surface area contributed by atoms with Crippen LogP contribution in [0.4, 0.5) is 0 Å². The maximum absolute atomic E-state index is 11.6. The Morgan fingerprint density at radius 1 is 1.38 bits per heavy atom. The predicted molar refractivity (Wildman–Crippen MR) is 82.3 cm³/mol. The molecule has 0 fully saturated rings. The zero-order valence-electron chi connectivity index (χ0n) is 13.4. The zero-order chi connectivity index (χ0) is 16.0. The number of β-amino-alcohol motifs (C(OH)–C–C–N with tert-alkyl or cyclic N) is 1. The second-order valence-electron chi connectivity index (χ2n) is 6.01. The molecule has 1 aromatic rings. The Morgan fingerprint density at radius 2 is 2.05 bits per heavy atom. The Labute approximate surface area is 126 Å². The summed E-state index contributed by atoms with van der Waals surface area (Å²) in [4.78, 5) is 11.6. The molecular weight excluding hydrogens is 270 g/mol. The van der Waals surface area contributed by atoms with E-state index in [9.17, 15) is 9.90 Å². The molecule has 1 aromatic carbocycles. The van der Waals surface area contributed by atoms with Crippen molar-refractivity contribution in [1.29, 1.82) is 0 Å². The number of ether oxygens (including phenoxy) is 2. The lowest BCUT2D eigenvalue weighted by atomic mass is 10.1. The standard InChI is InChI=1S/C16H25NO4/c1-11(18)14-7-6-13(20-5)8-15(14)21-10-12(19)9-17-16(2,3)4/h6-8,12,17,19H,9-10H2,1-5H3. The minimum absolute atomic E-state index is 0.0680. The molecule has 0 radical (unpaired) electrons. The van der Waals surface area contributed by atoms with Crippen molar-refractivity contribution in [3.63, 3.8) is 0 Å². The highest BCUT2D eigenvalue weighted by molar-refractivity contribution is 5.97. The van der Waals surface area contributed by atoms with E-state index in [1.54, 1.807) is 25.3 Å². The van der Waals surface area contributed by atoms with Crippen molar-refractivity contribution >= 4 is 5.78 Å². The third-order valence-electron chi connectivity index (χ3n) is 2.87. The van der Waals surface area contributed by atoms with Crippen LogP contribution in [0.3, 0.4) is 0 Å². The van der Waals surface area contributed by atoms with Crippen LogP contribution in [0, 0.1) is 0 Å². The Balaban J connectivity index is 2.67. The van der Waals surface area contributed by atoms with Crippen molar-refractivity contribution in [2.45, 2.75) is 39.3 Å². The van der Waals surface area contributed by atoms with Gasteiger partial charge >= 0.3 is 0 Å². The van der Waals surface area contributed by atoms with Gasteiger partial charge in [0.25, 0.3) is 0 Å². The third kappa shape index (κ3) is 6.14. The van der Waals surface area contributed by atoms with Crippen LogP contribution < -0.4 is 14.8 Å². The predicted octanol–water partition coefficient (Wildman–Crippen LogP) is 2.03. The zero-order valence-corrected chi connectivity index (χ0v) is 13.4. The molecule has 0 heterocycles. The van der Waals surface area contributed by atoms with Gasteiger partial charge in [0, 0.05) is 18.2 Å². The Morgan fingerprint density at radius 3 is 2.57 bits per heavy atom. The number of hydrogen-bond acceptors (Lipinski definition) is 5. The number of Topliss-reactive ketones (excluding diaryl/α,β-unsaturated/α-hetero) is 1. The molecule has 0 amide bonds. The second-order valence-corrected chi connectivity index (χ2v) is 6.01. The van der Waals surface area contributed by atoms with E-state index in [2.05, 4.69) is 5.32 Å². The van der Waals surface area contributed by atoms with Gasteiger partial charge in [0.05, 0.1) is 12.7 Å². The molecule has 1 unspecified atom stereocenters. The first-order valence-electron chi connectivity index (χ1n) is 6.98. The van der Waals surface area contributed by atoms with Crippen LogP contribution in [0.1, 0.15) is 38.1 Å². The summed E-state index contributed by atoms with van der Waals surface area (Å²) in [6, 6.07) is 5.03. The van der Waals surface area contributed by atoms with Gasteiger partial charge in [0.1, 0.15) is 24.2 Å². The van der Waals surface area contributed by atoms with Crippen LogP contribution in [-0.4, -0.2) is 42.8 Å². The largest absolute Gasteiger partial charge is 0.497 e. The van der Waals surface area contributed by atoms with Gasteiger partial charge in [-0.25, -0.2) is 0 Å². The fourth-order valence-corrected chi connectivity index (χ4v) is 1.71. The van der Waals surface area contributed by atoms with Crippen LogP contribution in [0.25, 0.3) is 0 Å². The summed E-state index contributed by atoms with van der Waals surface area (Å²) >= 11 is 0. The van der Waals surface area contributed by atoms with Crippen molar-refractivity contribution in [3.05, 3.63) is 23.8 Å². The molecule has 21 heavy (non-hydrogen) atoms. The monoisotopic (exact) mass is 295 g/mol. The summed E-state index contributed by atoms with van der Waals surface area (Å²) in [7, 11) is 1.55. The molecule has 1 rings (SSSR count). The maximum atomic E-state index is 11.6. The van der Waals surface area contributed by atoms with Crippen LogP contribution >= 0.6 is 0 Å². The normalized spacial score (nSPS) is 12.9. The molecule has 5 heteroatoms. The molecule has 0 saturated heterocycles. The molecule has 0 saturated carbocycles. The average molecular weight is 295 g/mol. The third-order valence-corrected chi connectivity index (χ3v) is 2.87. The van der Waals surface area contributed by atoms with E-state index in [0.717, 1.165) is 0 Å². The van der Waals surface area contributed by atoms with Gasteiger partial charge in [-0.3, -0.25) is 4.79 Å². The number of aliphatic hydroxyl groups is 1. The van der Waals surface area contributed by atoms with Crippen molar-refractivity contribution in [2.24, 2.45) is 0 Å². The molecule has 0 aromatic heterocycles. The Hall–Kier alpha value is -1.59. The van der Waals surface area contributed by atoms with Gasteiger partial charge in [0.2, 0.25) is 0 Å². The van der Waals surface area contributed by atoms with Crippen LogP contribution in [0.5, 0.6) is 11.5 Å². The van der Waals surface area contributed by atoms with Gasteiger partial charge in [-0.1, -0.05) is 0 Å². The first-order chi connectivity index (χ1) is 9.73. The van der Waals surface area contributed by atoms with E-state index in [-0.39, 0.29) is 17.9 Å². The number of hydrogen-bond donors (Lipinski definition) is 2. The fraction of sp³-hybridized carbons (Fsp3) is 0.562. The van der Waals surface area contributed by atoms with Crippen molar-refractivity contribution in [1.82, 2.24) is 5.32 Å². The van der Waals surface area contributed by atoms with Gasteiger partial charge in [-0.2, -0.15) is 0 Å². The molecule has 0 aliphatic carbocycles. The summed E-state index contributed by atoms with van der Waals surface area (Å²) in [5.41, 5.74) is 0.411. The highest BCUT2D eigenvalue weighted by Gasteiger charge is 2.15. The van der Waals surface area contributed by atoms with Crippen LogP contribution in [0.15, 0.2) is 18.2 Å². The molecule has 0 spiro atoms. The lowest BCUT2D eigenvalue weighted by Crippen LogP contribution is -2.42. The van der Waals surface area contributed by atoms with Crippen LogP contribution in [0.2, 0.25) is 0 Å². The van der Waals surface area contributed by atoms with E-state index < -0.39 is 6.10 Å². The highest BCUT2D eigenvalue weighted by atomic mass is 16.5. The quantitative estimate of drug-likeness (QED) is 0.753. The van der Waals surface area contributed by atoms with Gasteiger partial charge in [0.15, 0.2) is 5.78 Å². The van der Waals surface area contributed by atoms with Crippen molar-refractivity contribution in [2.75, 3.05) is 20.3 Å². The Kier molecular flexibility index (Phi) is 6.18. The summed E-state index contributed by atoms with van der Waals surface area (Å²) in [5, 5.41) is 13.1. The van der Waals surface area contributed by atoms with Gasteiger partial charge < -0.3 is 19.9 Å². The Bertz CT molecular complexity index is 480. The van der Waals surface area contributed by atoms with Crippen molar-refractivity contribution in [3.8, 4) is 11.5 Å². The minimum Gasteiger partial charge on any atom is -0.497 e. The highest BCUT2D eigenvalue weighted by Crippen LogP contribution is 2.25. The van der Waals surface area contributed by atoms with Gasteiger partial charge in [-0.15, -0.1) is 0 Å². The lowest BCUT2D eigenvalue weighted by molar-refractivity contribution is 0.0949. The van der Waals surface area contributed by atoms with E-state index in [0.29, 0.717) is 23.6 Å².